The number of amides is 1. The number of aromatic nitrogens is 2. The molecule has 1 amide bonds. The Labute approximate surface area is 171 Å². The van der Waals surface area contributed by atoms with Crippen LogP contribution in [0.4, 0.5) is 0 Å². The van der Waals surface area contributed by atoms with Crippen LogP contribution in [0.3, 0.4) is 0 Å². The number of carbonyl (C=O) groups excluding carboxylic acids is 1. The van der Waals surface area contributed by atoms with E-state index in [2.05, 4.69) is 15.6 Å². The van der Waals surface area contributed by atoms with Crippen LogP contribution in [0.15, 0.2) is 58.4 Å². The molecular formula is C21H20N4O5. The molecule has 3 aromatic rings. The molecule has 0 bridgehead atoms. The highest BCUT2D eigenvalue weighted by molar-refractivity contribution is 6.04. The average molecular weight is 408 g/mol. The lowest BCUT2D eigenvalue weighted by molar-refractivity contribution is -0.139. The minimum absolute atomic E-state index is 0.119. The number of carbonyl (C=O) groups is 2. The van der Waals surface area contributed by atoms with Gasteiger partial charge in [-0.25, -0.2) is 14.9 Å². The first-order chi connectivity index (χ1) is 14.5. The van der Waals surface area contributed by atoms with Crippen molar-refractivity contribution in [1.29, 1.82) is 0 Å². The van der Waals surface area contributed by atoms with Gasteiger partial charge in [-0.1, -0.05) is 25.1 Å². The fraction of sp³-hybridized carbons (Fsp3) is 0.190. The molecule has 9 nitrogen and oxygen atoms in total. The van der Waals surface area contributed by atoms with Crippen LogP contribution in [0.25, 0.3) is 10.8 Å². The van der Waals surface area contributed by atoms with E-state index in [-0.39, 0.29) is 11.3 Å². The van der Waals surface area contributed by atoms with E-state index in [9.17, 15) is 14.4 Å². The Balaban J connectivity index is 1.76. The number of carboxylic acid groups (broad SMARTS) is 1. The van der Waals surface area contributed by atoms with Crippen LogP contribution < -0.4 is 15.7 Å². The molecular weight excluding hydrogens is 388 g/mol. The molecule has 1 aromatic heterocycles. The first kappa shape index (κ1) is 20.7. The molecule has 0 fully saturated rings. The first-order valence-electron chi connectivity index (χ1n) is 9.27. The summed E-state index contributed by atoms with van der Waals surface area (Å²) in [5.41, 5.74) is 2.98. The van der Waals surface area contributed by atoms with Gasteiger partial charge in [0, 0.05) is 11.9 Å². The van der Waals surface area contributed by atoms with Gasteiger partial charge >= 0.3 is 5.97 Å². The zero-order valence-corrected chi connectivity index (χ0v) is 16.2. The van der Waals surface area contributed by atoms with Gasteiger partial charge in [0.1, 0.15) is 5.75 Å². The highest BCUT2D eigenvalue weighted by atomic mass is 16.5. The third kappa shape index (κ3) is 4.88. The number of hydrogen-bond acceptors (Lipinski definition) is 6. The Morgan fingerprint density at radius 2 is 1.87 bits per heavy atom. The second kappa shape index (κ2) is 9.46. The number of aryl methyl sites for hydroxylation is 1. The van der Waals surface area contributed by atoms with E-state index in [0.29, 0.717) is 35.1 Å². The van der Waals surface area contributed by atoms with Gasteiger partial charge < -0.3 is 9.84 Å². The van der Waals surface area contributed by atoms with Crippen LogP contribution in [0.5, 0.6) is 5.75 Å². The predicted molar refractivity (Wildman–Crippen MR) is 111 cm³/mol. The summed E-state index contributed by atoms with van der Waals surface area (Å²) < 4.78 is 6.34. The van der Waals surface area contributed by atoms with Crippen molar-refractivity contribution in [3.8, 4) is 5.75 Å². The van der Waals surface area contributed by atoms with Crippen molar-refractivity contribution >= 4 is 28.9 Å². The average Bonchev–Trinajstić information content (AvgIpc) is 2.75. The van der Waals surface area contributed by atoms with E-state index < -0.39 is 18.5 Å². The Bertz CT molecular complexity index is 1150. The molecule has 1 heterocycles. The number of carboxylic acids is 1. The second-order valence-corrected chi connectivity index (χ2v) is 6.37. The van der Waals surface area contributed by atoms with Crippen molar-refractivity contribution in [1.82, 2.24) is 15.2 Å². The second-order valence-electron chi connectivity index (χ2n) is 6.37. The molecule has 0 aliphatic carbocycles. The van der Waals surface area contributed by atoms with Crippen molar-refractivity contribution in [2.24, 2.45) is 5.10 Å². The summed E-state index contributed by atoms with van der Waals surface area (Å²) in [6.45, 7) is 1.90. The van der Waals surface area contributed by atoms with Crippen molar-refractivity contribution in [2.75, 3.05) is 6.61 Å². The Morgan fingerprint density at radius 1 is 1.17 bits per heavy atom. The molecule has 9 heteroatoms. The van der Waals surface area contributed by atoms with Gasteiger partial charge in [-0.3, -0.25) is 9.59 Å². The van der Waals surface area contributed by atoms with E-state index in [0.717, 1.165) is 0 Å². The Hall–Kier alpha value is -4.01. The number of hydrogen-bond donors (Lipinski definition) is 2. The smallest absolute Gasteiger partial charge is 0.341 e. The molecule has 0 atom stereocenters. The maximum atomic E-state index is 12.6. The fourth-order valence-electron chi connectivity index (χ4n) is 2.78. The number of ether oxygens (including phenoxy) is 1. The van der Waals surface area contributed by atoms with Gasteiger partial charge in [-0.15, -0.1) is 0 Å². The van der Waals surface area contributed by atoms with Gasteiger partial charge in [0.15, 0.2) is 12.3 Å². The molecule has 0 spiro atoms. The van der Waals surface area contributed by atoms with Gasteiger partial charge in [0.25, 0.3) is 11.5 Å². The number of fused-ring (bicyclic) bond motifs is 1. The standard InChI is InChI=1S/C21H20N4O5/c1-2-11-25-21(29)17-6-4-3-5-16(17)19(24-25)20(28)23-22-12-14-7-9-15(10-8-14)30-13-18(26)27/h3-10,12H,2,11,13H2,1H3,(H,23,28)(H,26,27)/b22-12-. The number of nitrogens with zero attached hydrogens (tertiary/aromatic N) is 3. The summed E-state index contributed by atoms with van der Waals surface area (Å²) in [5.74, 6) is -1.18. The first-order valence-corrected chi connectivity index (χ1v) is 9.27. The van der Waals surface area contributed by atoms with Crippen molar-refractivity contribution in [2.45, 2.75) is 19.9 Å². The van der Waals surface area contributed by atoms with Crippen molar-refractivity contribution < 1.29 is 19.4 Å². The molecule has 2 aromatic carbocycles. The molecule has 2 N–H and O–H groups in total. The SMILES string of the molecule is CCCn1nc(C(=O)N/N=C\c2ccc(OCC(=O)O)cc2)c2ccccc2c1=O. The summed E-state index contributed by atoms with van der Waals surface area (Å²) >= 11 is 0. The van der Waals surface area contributed by atoms with E-state index in [1.807, 2.05) is 6.92 Å². The summed E-state index contributed by atoms with van der Waals surface area (Å²) in [4.78, 5) is 35.7. The molecule has 0 saturated heterocycles. The van der Waals surface area contributed by atoms with Crippen LogP contribution in [0.2, 0.25) is 0 Å². The zero-order chi connectivity index (χ0) is 21.5. The molecule has 0 saturated carbocycles. The van der Waals surface area contributed by atoms with Crippen LogP contribution in [-0.2, 0) is 11.3 Å². The minimum Gasteiger partial charge on any atom is -0.482 e. The van der Waals surface area contributed by atoms with E-state index >= 15 is 0 Å². The van der Waals surface area contributed by atoms with Gasteiger partial charge in [-0.2, -0.15) is 10.2 Å². The van der Waals surface area contributed by atoms with Crippen LogP contribution in [-0.4, -0.2) is 39.6 Å². The van der Waals surface area contributed by atoms with E-state index in [1.54, 1.807) is 48.5 Å². The normalized spacial score (nSPS) is 11.0. The van der Waals surface area contributed by atoms with E-state index in [4.69, 9.17) is 9.84 Å². The largest absolute Gasteiger partial charge is 0.482 e. The van der Waals surface area contributed by atoms with Crippen molar-refractivity contribution in [3.63, 3.8) is 0 Å². The lowest BCUT2D eigenvalue weighted by atomic mass is 10.1. The third-order valence-electron chi connectivity index (χ3n) is 4.14. The van der Waals surface area contributed by atoms with Crippen LogP contribution in [0, 0.1) is 0 Å². The fourth-order valence-corrected chi connectivity index (χ4v) is 2.78. The highest BCUT2D eigenvalue weighted by Crippen LogP contribution is 2.14. The summed E-state index contributed by atoms with van der Waals surface area (Å²) in [5, 5.41) is 17.6. The van der Waals surface area contributed by atoms with Crippen molar-refractivity contribution in [3.05, 3.63) is 70.1 Å². The molecule has 30 heavy (non-hydrogen) atoms. The molecule has 3 rings (SSSR count). The Morgan fingerprint density at radius 3 is 2.53 bits per heavy atom. The summed E-state index contributed by atoms with van der Waals surface area (Å²) in [6, 6.07) is 13.4. The lowest BCUT2D eigenvalue weighted by Gasteiger charge is -2.09. The lowest BCUT2D eigenvalue weighted by Crippen LogP contribution is -2.29. The molecule has 0 aliphatic rings. The summed E-state index contributed by atoms with van der Waals surface area (Å²) in [6.07, 6.45) is 2.14. The number of hydrazone groups is 1. The number of benzene rings is 2. The maximum absolute atomic E-state index is 12.6. The third-order valence-corrected chi connectivity index (χ3v) is 4.14. The number of aliphatic carboxylic acids is 1. The molecule has 0 aliphatic heterocycles. The van der Waals surface area contributed by atoms with Crippen LogP contribution >= 0.6 is 0 Å². The predicted octanol–water partition coefficient (Wildman–Crippen LogP) is 2.03. The highest BCUT2D eigenvalue weighted by Gasteiger charge is 2.16. The van der Waals surface area contributed by atoms with Crippen LogP contribution in [0.1, 0.15) is 29.4 Å². The quantitative estimate of drug-likeness (QED) is 0.434. The number of rotatable bonds is 8. The van der Waals surface area contributed by atoms with Gasteiger partial charge in [-0.05, 0) is 42.3 Å². The van der Waals surface area contributed by atoms with E-state index in [1.165, 1.54) is 10.9 Å². The van der Waals surface area contributed by atoms with Gasteiger partial charge in [0.05, 0.1) is 11.6 Å². The zero-order valence-electron chi connectivity index (χ0n) is 16.2. The minimum atomic E-state index is -1.06. The topological polar surface area (TPSA) is 123 Å². The molecule has 0 radical (unpaired) electrons. The monoisotopic (exact) mass is 408 g/mol. The summed E-state index contributed by atoms with van der Waals surface area (Å²) in [7, 11) is 0. The van der Waals surface area contributed by atoms with Gasteiger partial charge in [0.2, 0.25) is 0 Å². The molecule has 154 valence electrons. The Kier molecular flexibility index (Phi) is 6.53. The molecule has 0 unspecified atom stereocenters. The number of nitrogens with one attached hydrogen (secondary N) is 1. The maximum Gasteiger partial charge on any atom is 0.341 e.